The molecule has 4 nitrogen and oxygen atoms in total. The minimum atomic E-state index is -1.24. The van der Waals surface area contributed by atoms with Crippen molar-refractivity contribution >= 4 is 17.3 Å². The molecule has 1 rings (SSSR count). The maximum Gasteiger partial charge on any atom is 0.341 e. The summed E-state index contributed by atoms with van der Waals surface area (Å²) in [6.45, 7) is 1.95. The molecule has 1 unspecified atom stereocenters. The second kappa shape index (κ2) is 4.18. The summed E-state index contributed by atoms with van der Waals surface area (Å²) >= 11 is 1.32. The average Bonchev–Trinajstić information content (AvgIpc) is 2.55. The van der Waals surface area contributed by atoms with Crippen LogP contribution in [0.15, 0.2) is 10.9 Å². The van der Waals surface area contributed by atoms with Gasteiger partial charge in [-0.3, -0.25) is 0 Å². The molecule has 0 spiro atoms. The molecule has 0 aliphatic rings. The van der Waals surface area contributed by atoms with Crippen molar-refractivity contribution in [1.82, 2.24) is 4.98 Å². The van der Waals surface area contributed by atoms with Crippen LogP contribution in [0.2, 0.25) is 0 Å². The summed E-state index contributed by atoms with van der Waals surface area (Å²) in [6, 6.07) is 0. The van der Waals surface area contributed by atoms with Crippen LogP contribution in [0.3, 0.4) is 0 Å². The van der Waals surface area contributed by atoms with E-state index in [1.54, 1.807) is 17.8 Å². The molecule has 1 heterocycles. The van der Waals surface area contributed by atoms with Crippen molar-refractivity contribution in [2.24, 2.45) is 0 Å². The molecule has 0 amide bonds. The van der Waals surface area contributed by atoms with E-state index >= 15 is 0 Å². The Balaban J connectivity index is 2.59. The minimum absolute atomic E-state index is 0.264. The number of carbonyl (C=O) groups excluding carboxylic acids is 1. The van der Waals surface area contributed by atoms with Crippen LogP contribution in [0.25, 0.3) is 0 Å². The molecule has 1 aromatic rings. The van der Waals surface area contributed by atoms with Gasteiger partial charge in [0.1, 0.15) is 0 Å². The Labute approximate surface area is 73.8 Å². The zero-order valence-corrected chi connectivity index (χ0v) is 7.37. The van der Waals surface area contributed by atoms with Crippen molar-refractivity contribution < 1.29 is 14.6 Å². The number of aliphatic hydroxyl groups is 1. The molecule has 0 aromatic carbocycles. The van der Waals surface area contributed by atoms with Gasteiger partial charge in [-0.15, -0.1) is 11.3 Å². The molecule has 0 saturated carbocycles. The average molecular weight is 187 g/mol. The van der Waals surface area contributed by atoms with E-state index < -0.39 is 12.1 Å². The fraction of sp³-hybridized carbons (Fsp3) is 0.429. The normalized spacial score (nSPS) is 12.5. The number of hydrogen-bond acceptors (Lipinski definition) is 5. The third-order valence-electron chi connectivity index (χ3n) is 1.24. The van der Waals surface area contributed by atoms with Gasteiger partial charge in [-0.25, -0.2) is 9.78 Å². The second-order valence-electron chi connectivity index (χ2n) is 2.07. The summed E-state index contributed by atoms with van der Waals surface area (Å²) in [7, 11) is 0. The van der Waals surface area contributed by atoms with Crippen LogP contribution in [0.4, 0.5) is 0 Å². The van der Waals surface area contributed by atoms with E-state index in [1.165, 1.54) is 11.3 Å². The van der Waals surface area contributed by atoms with E-state index in [1.807, 2.05) is 0 Å². The fourth-order valence-electron chi connectivity index (χ4n) is 0.699. The monoisotopic (exact) mass is 187 g/mol. The lowest BCUT2D eigenvalue weighted by Gasteiger charge is -2.05. The van der Waals surface area contributed by atoms with Gasteiger partial charge in [0.15, 0.2) is 6.10 Å². The number of hydrogen-bond donors (Lipinski definition) is 1. The van der Waals surface area contributed by atoms with Crippen LogP contribution in [-0.2, 0) is 9.53 Å². The number of aliphatic hydroxyl groups excluding tert-OH is 1. The van der Waals surface area contributed by atoms with Gasteiger partial charge in [0.25, 0.3) is 0 Å². The van der Waals surface area contributed by atoms with Crippen LogP contribution < -0.4 is 0 Å². The van der Waals surface area contributed by atoms with Crippen molar-refractivity contribution in [2.45, 2.75) is 13.0 Å². The van der Waals surface area contributed by atoms with E-state index in [4.69, 9.17) is 0 Å². The Morgan fingerprint density at radius 2 is 2.67 bits per heavy atom. The van der Waals surface area contributed by atoms with Crippen molar-refractivity contribution in [2.75, 3.05) is 6.61 Å². The van der Waals surface area contributed by atoms with E-state index in [0.717, 1.165) is 0 Å². The number of thiazole rings is 1. The highest BCUT2D eigenvalue weighted by atomic mass is 32.1. The zero-order valence-electron chi connectivity index (χ0n) is 6.56. The highest BCUT2D eigenvalue weighted by Gasteiger charge is 2.19. The third-order valence-corrected chi connectivity index (χ3v) is 1.85. The van der Waals surface area contributed by atoms with Gasteiger partial charge < -0.3 is 9.84 Å². The molecule has 0 fully saturated rings. The van der Waals surface area contributed by atoms with Crippen LogP contribution in [-0.4, -0.2) is 22.7 Å². The van der Waals surface area contributed by atoms with Crippen LogP contribution in [0.5, 0.6) is 0 Å². The topological polar surface area (TPSA) is 59.4 Å². The van der Waals surface area contributed by atoms with Crippen molar-refractivity contribution in [3.05, 3.63) is 16.6 Å². The molecule has 1 N–H and O–H groups in total. The first kappa shape index (κ1) is 9.15. The summed E-state index contributed by atoms with van der Waals surface area (Å²) in [5, 5.41) is 10.9. The number of nitrogens with zero attached hydrogens (tertiary/aromatic N) is 1. The number of carbonyl (C=O) groups is 1. The van der Waals surface area contributed by atoms with Crippen LogP contribution in [0, 0.1) is 0 Å². The number of ether oxygens (including phenoxy) is 1. The van der Waals surface area contributed by atoms with Gasteiger partial charge in [0.05, 0.1) is 17.8 Å². The van der Waals surface area contributed by atoms with Gasteiger partial charge in [0.2, 0.25) is 0 Å². The number of aromatic nitrogens is 1. The quantitative estimate of drug-likeness (QED) is 0.709. The van der Waals surface area contributed by atoms with Gasteiger partial charge in [-0.1, -0.05) is 0 Å². The molecule has 1 atom stereocenters. The van der Waals surface area contributed by atoms with Gasteiger partial charge >= 0.3 is 5.97 Å². The Morgan fingerprint density at radius 1 is 1.92 bits per heavy atom. The Kier molecular flexibility index (Phi) is 3.19. The first-order chi connectivity index (χ1) is 5.75. The zero-order chi connectivity index (χ0) is 8.97. The molecule has 0 saturated heterocycles. The molecule has 0 aliphatic heterocycles. The lowest BCUT2D eigenvalue weighted by molar-refractivity contribution is -0.153. The summed E-state index contributed by atoms with van der Waals surface area (Å²) in [5.41, 5.74) is 1.90. The van der Waals surface area contributed by atoms with Crippen LogP contribution >= 0.6 is 11.3 Å². The highest BCUT2D eigenvalue weighted by Crippen LogP contribution is 2.13. The van der Waals surface area contributed by atoms with Gasteiger partial charge in [0, 0.05) is 5.38 Å². The lowest BCUT2D eigenvalue weighted by Crippen LogP contribution is -2.15. The Morgan fingerprint density at radius 3 is 3.17 bits per heavy atom. The largest absolute Gasteiger partial charge is 0.464 e. The van der Waals surface area contributed by atoms with Crippen LogP contribution in [0.1, 0.15) is 18.7 Å². The number of esters is 1. The van der Waals surface area contributed by atoms with E-state index in [9.17, 15) is 9.90 Å². The number of rotatable bonds is 3. The summed E-state index contributed by atoms with van der Waals surface area (Å²) in [5.74, 6) is -0.650. The predicted molar refractivity (Wildman–Crippen MR) is 43.7 cm³/mol. The second-order valence-corrected chi connectivity index (χ2v) is 2.79. The lowest BCUT2D eigenvalue weighted by atomic mass is 10.3. The Bertz CT molecular complexity index is 247. The maximum absolute atomic E-state index is 10.9. The maximum atomic E-state index is 10.9. The van der Waals surface area contributed by atoms with Crippen molar-refractivity contribution in [3.63, 3.8) is 0 Å². The minimum Gasteiger partial charge on any atom is -0.464 e. The standard InChI is InChI=1S/C7H9NO3S/c1-2-11-7(10)6(9)5-3-12-4-8-5/h3-4,6,9H,2H2,1H3. The molecule has 0 radical (unpaired) electrons. The smallest absolute Gasteiger partial charge is 0.341 e. The summed E-state index contributed by atoms with van der Waals surface area (Å²) in [6.07, 6.45) is -1.24. The van der Waals surface area contributed by atoms with E-state index in [2.05, 4.69) is 9.72 Å². The molecular formula is C7H9NO3S. The molecule has 12 heavy (non-hydrogen) atoms. The molecule has 0 aliphatic carbocycles. The van der Waals surface area contributed by atoms with Crippen molar-refractivity contribution in [1.29, 1.82) is 0 Å². The predicted octanol–water partition coefficient (Wildman–Crippen LogP) is 0.740. The molecule has 66 valence electrons. The fourth-order valence-corrected chi connectivity index (χ4v) is 1.27. The van der Waals surface area contributed by atoms with Crippen molar-refractivity contribution in [3.8, 4) is 0 Å². The molecule has 1 aromatic heterocycles. The Hall–Kier alpha value is -0.940. The van der Waals surface area contributed by atoms with E-state index in [0.29, 0.717) is 5.69 Å². The SMILES string of the molecule is CCOC(=O)C(O)c1cscn1. The first-order valence-corrected chi connectivity index (χ1v) is 4.42. The highest BCUT2D eigenvalue weighted by molar-refractivity contribution is 7.07. The summed E-state index contributed by atoms with van der Waals surface area (Å²) in [4.78, 5) is 14.7. The van der Waals surface area contributed by atoms with Gasteiger partial charge in [-0.2, -0.15) is 0 Å². The molecule has 5 heteroatoms. The molecular weight excluding hydrogens is 178 g/mol. The van der Waals surface area contributed by atoms with E-state index in [-0.39, 0.29) is 6.61 Å². The third kappa shape index (κ3) is 2.02. The first-order valence-electron chi connectivity index (χ1n) is 3.48. The molecule has 0 bridgehead atoms. The van der Waals surface area contributed by atoms with Gasteiger partial charge in [-0.05, 0) is 6.92 Å². The summed E-state index contributed by atoms with van der Waals surface area (Å²) < 4.78 is 4.60.